The van der Waals surface area contributed by atoms with Crippen LogP contribution in [0.2, 0.25) is 0 Å². The zero-order chi connectivity index (χ0) is 15.3. The first-order valence-electron chi connectivity index (χ1n) is 6.23. The van der Waals surface area contributed by atoms with Crippen LogP contribution in [0, 0.1) is 11.3 Å². The lowest BCUT2D eigenvalue weighted by atomic mass is 10.2. The Morgan fingerprint density at radius 1 is 1.33 bits per heavy atom. The number of hydrogen-bond donors (Lipinski definition) is 2. The highest BCUT2D eigenvalue weighted by atomic mass is 32.2. The number of nitrogens with one attached hydrogen (secondary N) is 1. The molecule has 0 aliphatic carbocycles. The van der Waals surface area contributed by atoms with Crippen molar-refractivity contribution in [3.05, 3.63) is 47.8 Å². The first kappa shape index (κ1) is 15.0. The van der Waals surface area contributed by atoms with Crippen molar-refractivity contribution in [1.29, 1.82) is 5.26 Å². The number of benzene rings is 1. The van der Waals surface area contributed by atoms with E-state index in [1.54, 1.807) is 35.1 Å². The smallest absolute Gasteiger partial charge is 0.215 e. The van der Waals surface area contributed by atoms with Gasteiger partial charge in [-0.05, 0) is 17.7 Å². The second kappa shape index (κ2) is 6.39. The third-order valence-electron chi connectivity index (χ3n) is 2.76. The first-order chi connectivity index (χ1) is 9.98. The Bertz CT molecular complexity index is 744. The van der Waals surface area contributed by atoms with Crippen LogP contribution in [0.1, 0.15) is 11.1 Å². The van der Waals surface area contributed by atoms with Gasteiger partial charge in [0.2, 0.25) is 10.0 Å². The second-order valence-electron chi connectivity index (χ2n) is 4.50. The van der Waals surface area contributed by atoms with E-state index >= 15 is 0 Å². The maximum Gasteiger partial charge on any atom is 0.215 e. The topological polar surface area (TPSA) is 114 Å². The number of anilines is 1. The summed E-state index contributed by atoms with van der Waals surface area (Å²) in [7, 11) is -3.42. The van der Waals surface area contributed by atoms with Gasteiger partial charge in [-0.1, -0.05) is 12.1 Å². The quantitative estimate of drug-likeness (QED) is 0.804. The highest BCUT2D eigenvalue weighted by Gasteiger charge is 2.11. The van der Waals surface area contributed by atoms with Crippen molar-refractivity contribution < 1.29 is 8.42 Å². The summed E-state index contributed by atoms with van der Waals surface area (Å²) in [5, 5.41) is 12.7. The summed E-state index contributed by atoms with van der Waals surface area (Å²) in [6.07, 6.45) is 3.14. The van der Waals surface area contributed by atoms with Crippen molar-refractivity contribution in [1.82, 2.24) is 14.5 Å². The Labute approximate surface area is 123 Å². The van der Waals surface area contributed by atoms with E-state index < -0.39 is 10.0 Å². The molecule has 1 aromatic carbocycles. The molecule has 2 aromatic rings. The fourth-order valence-electron chi connectivity index (χ4n) is 1.76. The zero-order valence-corrected chi connectivity index (χ0v) is 12.0. The standard InChI is InChI=1S/C13H15N5O2S/c14-7-11-1-3-12(4-2-11)10-21(19,20)17-5-6-18-9-13(15)8-16-18/h1-4,8-9,17H,5-6,10,15H2. The van der Waals surface area contributed by atoms with Gasteiger partial charge in [-0.15, -0.1) is 0 Å². The van der Waals surface area contributed by atoms with Crippen LogP contribution in [0.15, 0.2) is 36.7 Å². The molecule has 0 amide bonds. The van der Waals surface area contributed by atoms with Gasteiger partial charge < -0.3 is 5.73 Å². The van der Waals surface area contributed by atoms with Crippen LogP contribution in [-0.4, -0.2) is 24.7 Å². The van der Waals surface area contributed by atoms with Crippen molar-refractivity contribution in [3.63, 3.8) is 0 Å². The molecule has 1 heterocycles. The van der Waals surface area contributed by atoms with Crippen LogP contribution in [0.4, 0.5) is 5.69 Å². The monoisotopic (exact) mass is 305 g/mol. The van der Waals surface area contributed by atoms with Crippen LogP contribution in [0.5, 0.6) is 0 Å². The van der Waals surface area contributed by atoms with Crippen LogP contribution in [0.25, 0.3) is 0 Å². The fraction of sp³-hybridized carbons (Fsp3) is 0.231. The number of nitrogen functional groups attached to an aromatic ring is 1. The molecule has 0 aliphatic heterocycles. The summed E-state index contributed by atoms with van der Waals surface area (Å²) in [4.78, 5) is 0. The minimum Gasteiger partial charge on any atom is -0.396 e. The van der Waals surface area contributed by atoms with Crippen molar-refractivity contribution >= 4 is 15.7 Å². The van der Waals surface area contributed by atoms with E-state index in [9.17, 15) is 8.42 Å². The Hall–Kier alpha value is -2.37. The maximum atomic E-state index is 11.9. The Kier molecular flexibility index (Phi) is 4.57. The Balaban J connectivity index is 1.88. The predicted octanol–water partition coefficient (Wildman–Crippen LogP) is 0.457. The van der Waals surface area contributed by atoms with Crippen molar-refractivity contribution in [2.45, 2.75) is 12.3 Å². The molecular weight excluding hydrogens is 290 g/mol. The number of sulfonamides is 1. The first-order valence-corrected chi connectivity index (χ1v) is 7.88. The van der Waals surface area contributed by atoms with Crippen molar-refractivity contribution in [2.24, 2.45) is 0 Å². The number of nitriles is 1. The third-order valence-corrected chi connectivity index (χ3v) is 4.11. The van der Waals surface area contributed by atoms with Gasteiger partial charge in [0.25, 0.3) is 0 Å². The number of aromatic nitrogens is 2. The molecule has 0 bridgehead atoms. The van der Waals surface area contributed by atoms with E-state index in [2.05, 4.69) is 9.82 Å². The van der Waals surface area contributed by atoms with Gasteiger partial charge >= 0.3 is 0 Å². The molecule has 1 aromatic heterocycles. The maximum absolute atomic E-state index is 11.9. The lowest BCUT2D eigenvalue weighted by Gasteiger charge is -2.07. The van der Waals surface area contributed by atoms with E-state index in [0.29, 0.717) is 23.4 Å². The average Bonchev–Trinajstić information content (AvgIpc) is 2.84. The van der Waals surface area contributed by atoms with E-state index in [1.807, 2.05) is 6.07 Å². The molecule has 3 N–H and O–H groups in total. The number of nitrogens with zero attached hydrogens (tertiary/aromatic N) is 3. The van der Waals surface area contributed by atoms with Gasteiger partial charge in [0, 0.05) is 12.7 Å². The highest BCUT2D eigenvalue weighted by molar-refractivity contribution is 7.88. The van der Waals surface area contributed by atoms with E-state index in [-0.39, 0.29) is 12.3 Å². The molecule has 110 valence electrons. The second-order valence-corrected chi connectivity index (χ2v) is 6.31. The fourth-order valence-corrected chi connectivity index (χ4v) is 2.90. The average molecular weight is 305 g/mol. The molecular formula is C13H15N5O2S. The summed E-state index contributed by atoms with van der Waals surface area (Å²) in [5.41, 5.74) is 7.18. The Morgan fingerprint density at radius 3 is 2.62 bits per heavy atom. The van der Waals surface area contributed by atoms with Crippen molar-refractivity contribution in [3.8, 4) is 6.07 Å². The van der Waals surface area contributed by atoms with Crippen LogP contribution < -0.4 is 10.5 Å². The minimum absolute atomic E-state index is 0.125. The van der Waals surface area contributed by atoms with Crippen molar-refractivity contribution in [2.75, 3.05) is 12.3 Å². The molecule has 0 fully saturated rings. The Morgan fingerprint density at radius 2 is 2.05 bits per heavy atom. The van der Waals surface area contributed by atoms with E-state index in [4.69, 9.17) is 11.0 Å². The molecule has 8 heteroatoms. The summed E-state index contributed by atoms with van der Waals surface area (Å²) in [6.45, 7) is 0.642. The number of hydrogen-bond acceptors (Lipinski definition) is 5. The molecule has 21 heavy (non-hydrogen) atoms. The van der Waals surface area contributed by atoms with Crippen LogP contribution in [0.3, 0.4) is 0 Å². The summed E-state index contributed by atoms with van der Waals surface area (Å²) >= 11 is 0. The number of nitrogens with two attached hydrogens (primary N) is 1. The summed E-state index contributed by atoms with van der Waals surface area (Å²) < 4.78 is 27.9. The lowest BCUT2D eigenvalue weighted by Crippen LogP contribution is -2.28. The van der Waals surface area contributed by atoms with Gasteiger partial charge in [0.05, 0.1) is 35.8 Å². The van der Waals surface area contributed by atoms with Gasteiger partial charge in [-0.25, -0.2) is 13.1 Å². The van der Waals surface area contributed by atoms with Gasteiger partial charge in [0.15, 0.2) is 0 Å². The zero-order valence-electron chi connectivity index (χ0n) is 11.2. The van der Waals surface area contributed by atoms with Crippen LogP contribution in [-0.2, 0) is 22.3 Å². The van der Waals surface area contributed by atoms with Gasteiger partial charge in [-0.2, -0.15) is 10.4 Å². The molecule has 7 nitrogen and oxygen atoms in total. The third kappa shape index (κ3) is 4.59. The van der Waals surface area contributed by atoms with E-state index in [1.165, 1.54) is 6.20 Å². The summed E-state index contributed by atoms with van der Waals surface area (Å²) in [5.74, 6) is -0.125. The van der Waals surface area contributed by atoms with E-state index in [0.717, 1.165) is 0 Å². The number of rotatable bonds is 6. The molecule has 0 unspecified atom stereocenters. The molecule has 0 spiro atoms. The molecule has 0 aliphatic rings. The van der Waals surface area contributed by atoms with Gasteiger partial charge in [0.1, 0.15) is 0 Å². The molecule has 2 rings (SSSR count). The largest absolute Gasteiger partial charge is 0.396 e. The van der Waals surface area contributed by atoms with Gasteiger partial charge in [-0.3, -0.25) is 4.68 Å². The molecule has 0 saturated heterocycles. The molecule has 0 atom stereocenters. The minimum atomic E-state index is -3.42. The summed E-state index contributed by atoms with van der Waals surface area (Å²) in [6, 6.07) is 8.44. The SMILES string of the molecule is N#Cc1ccc(CS(=O)(=O)NCCn2cc(N)cn2)cc1. The normalized spacial score (nSPS) is 11.2. The molecule has 0 saturated carbocycles. The molecule has 0 radical (unpaired) electrons. The van der Waals surface area contributed by atoms with Crippen LogP contribution >= 0.6 is 0 Å². The predicted molar refractivity (Wildman–Crippen MR) is 78.4 cm³/mol. The highest BCUT2D eigenvalue weighted by Crippen LogP contribution is 2.07. The lowest BCUT2D eigenvalue weighted by molar-refractivity contribution is 0.560.